The molecule has 0 bridgehead atoms. The van der Waals surface area contributed by atoms with Gasteiger partial charge in [0.05, 0.1) is 5.76 Å². The molecule has 0 aliphatic heterocycles. The number of benzene rings is 1. The molecular weight excluding hydrogens is 312 g/mol. The van der Waals surface area contributed by atoms with Crippen molar-refractivity contribution >= 4 is 17.3 Å². The van der Waals surface area contributed by atoms with E-state index in [1.165, 1.54) is 54.7 Å². The Hall–Kier alpha value is -1.15. The molecule has 134 valence electrons. The fourth-order valence-corrected chi connectivity index (χ4v) is 3.29. The van der Waals surface area contributed by atoms with E-state index < -0.39 is 0 Å². The van der Waals surface area contributed by atoms with Crippen molar-refractivity contribution in [1.29, 1.82) is 0 Å². The first-order valence-electron chi connectivity index (χ1n) is 9.32. The number of hydrogen-bond acceptors (Lipinski definition) is 2. The minimum Gasteiger partial charge on any atom is -0.494 e. The summed E-state index contributed by atoms with van der Waals surface area (Å²) in [5.41, 5.74) is 3.60. The van der Waals surface area contributed by atoms with Gasteiger partial charge in [0.25, 0.3) is 0 Å². The van der Waals surface area contributed by atoms with Gasteiger partial charge in [0.1, 0.15) is 6.61 Å². The highest BCUT2D eigenvalue weighted by molar-refractivity contribution is 7.99. The van der Waals surface area contributed by atoms with Gasteiger partial charge in [0, 0.05) is 6.42 Å². The van der Waals surface area contributed by atoms with E-state index in [-0.39, 0.29) is 0 Å². The maximum atomic E-state index is 5.77. The molecule has 24 heavy (non-hydrogen) atoms. The second-order valence-electron chi connectivity index (χ2n) is 6.30. The Balaban J connectivity index is 2.25. The molecule has 1 nitrogen and oxygen atoms in total. The van der Waals surface area contributed by atoms with Gasteiger partial charge in [-0.05, 0) is 53.9 Å². The molecule has 0 fully saturated rings. The SMILES string of the molecule is C=C(CCCSCCC)OCC(=C)c1ccc(CCCCC)cc1. The summed E-state index contributed by atoms with van der Waals surface area (Å²) < 4.78 is 5.77. The predicted octanol–water partition coefficient (Wildman–Crippen LogP) is 6.89. The topological polar surface area (TPSA) is 9.23 Å². The van der Waals surface area contributed by atoms with Gasteiger partial charge in [-0.1, -0.05) is 64.1 Å². The van der Waals surface area contributed by atoms with Crippen molar-refractivity contribution in [3.8, 4) is 0 Å². The molecule has 0 heterocycles. The Morgan fingerprint density at radius 2 is 1.71 bits per heavy atom. The molecule has 0 aliphatic carbocycles. The molecule has 0 N–H and O–H groups in total. The maximum absolute atomic E-state index is 5.77. The largest absolute Gasteiger partial charge is 0.494 e. The summed E-state index contributed by atoms with van der Waals surface area (Å²) in [5, 5.41) is 0. The van der Waals surface area contributed by atoms with Gasteiger partial charge in [-0.15, -0.1) is 0 Å². The average molecular weight is 347 g/mol. The first kappa shape index (κ1) is 20.9. The number of rotatable bonds is 14. The van der Waals surface area contributed by atoms with Crippen LogP contribution in [0.1, 0.15) is 63.5 Å². The lowest BCUT2D eigenvalue weighted by molar-refractivity contribution is 0.243. The fraction of sp³-hybridized carbons (Fsp3) is 0.545. The molecule has 0 saturated carbocycles. The van der Waals surface area contributed by atoms with Crippen LogP contribution in [-0.2, 0) is 11.2 Å². The Morgan fingerprint density at radius 3 is 2.38 bits per heavy atom. The van der Waals surface area contributed by atoms with E-state index in [0.717, 1.165) is 24.2 Å². The standard InChI is InChI=1S/C22H34OS/c1-5-7-8-11-21-12-14-22(15-13-21)19(3)18-23-20(4)10-9-17-24-16-6-2/h12-15H,3-11,16-18H2,1-2H3. The van der Waals surface area contributed by atoms with Crippen LogP contribution < -0.4 is 0 Å². The lowest BCUT2D eigenvalue weighted by Crippen LogP contribution is -1.98. The quantitative estimate of drug-likeness (QED) is 0.268. The van der Waals surface area contributed by atoms with Crippen LogP contribution in [0.2, 0.25) is 0 Å². The average Bonchev–Trinajstić information content (AvgIpc) is 2.60. The summed E-state index contributed by atoms with van der Waals surface area (Å²) >= 11 is 2.01. The number of hydrogen-bond donors (Lipinski definition) is 0. The summed E-state index contributed by atoms with van der Waals surface area (Å²) in [6, 6.07) is 8.76. The van der Waals surface area contributed by atoms with Crippen LogP contribution in [0.4, 0.5) is 0 Å². The van der Waals surface area contributed by atoms with Crippen molar-refractivity contribution in [3.05, 3.63) is 54.3 Å². The Labute approximate surface area is 153 Å². The lowest BCUT2D eigenvalue weighted by atomic mass is 10.0. The Morgan fingerprint density at radius 1 is 0.958 bits per heavy atom. The van der Waals surface area contributed by atoms with Crippen LogP contribution in [0.25, 0.3) is 5.57 Å². The number of unbranched alkanes of at least 4 members (excludes halogenated alkanes) is 2. The van der Waals surface area contributed by atoms with Crippen molar-refractivity contribution in [3.63, 3.8) is 0 Å². The summed E-state index contributed by atoms with van der Waals surface area (Å²) in [7, 11) is 0. The third-order valence-electron chi connectivity index (χ3n) is 3.97. The minimum atomic E-state index is 0.538. The van der Waals surface area contributed by atoms with Crippen LogP contribution >= 0.6 is 11.8 Å². The van der Waals surface area contributed by atoms with Gasteiger partial charge in [0.15, 0.2) is 0 Å². The van der Waals surface area contributed by atoms with Crippen molar-refractivity contribution in [2.45, 2.75) is 58.8 Å². The third kappa shape index (κ3) is 9.22. The molecule has 1 rings (SSSR count). The maximum Gasteiger partial charge on any atom is 0.113 e. The molecule has 0 aromatic heterocycles. The number of allylic oxidation sites excluding steroid dienone is 1. The third-order valence-corrected chi connectivity index (χ3v) is 5.25. The molecular formula is C22H34OS. The van der Waals surface area contributed by atoms with Gasteiger partial charge < -0.3 is 4.74 Å². The minimum absolute atomic E-state index is 0.538. The zero-order valence-electron chi connectivity index (χ0n) is 15.6. The highest BCUT2D eigenvalue weighted by atomic mass is 32.2. The molecule has 0 aliphatic rings. The van der Waals surface area contributed by atoms with E-state index in [2.05, 4.69) is 51.3 Å². The van der Waals surface area contributed by atoms with Crippen molar-refractivity contribution in [2.75, 3.05) is 18.1 Å². The van der Waals surface area contributed by atoms with Crippen molar-refractivity contribution < 1.29 is 4.74 Å². The Kier molecular flexibility index (Phi) is 11.5. The first-order chi connectivity index (χ1) is 11.7. The molecule has 0 saturated heterocycles. The van der Waals surface area contributed by atoms with E-state index in [4.69, 9.17) is 4.74 Å². The van der Waals surface area contributed by atoms with Gasteiger partial charge >= 0.3 is 0 Å². The van der Waals surface area contributed by atoms with Crippen molar-refractivity contribution in [1.82, 2.24) is 0 Å². The Bertz CT molecular complexity index is 475. The van der Waals surface area contributed by atoms with Crippen LogP contribution in [0.15, 0.2) is 43.2 Å². The zero-order chi connectivity index (χ0) is 17.6. The van der Waals surface area contributed by atoms with Crippen LogP contribution in [0.3, 0.4) is 0 Å². The molecule has 0 radical (unpaired) electrons. The van der Waals surface area contributed by atoms with E-state index in [0.29, 0.717) is 6.61 Å². The highest BCUT2D eigenvalue weighted by Gasteiger charge is 2.02. The summed E-state index contributed by atoms with van der Waals surface area (Å²) in [6.07, 6.45) is 8.36. The lowest BCUT2D eigenvalue weighted by Gasteiger charge is -2.12. The van der Waals surface area contributed by atoms with Gasteiger partial charge in [0.2, 0.25) is 0 Å². The molecule has 1 aromatic carbocycles. The summed E-state index contributed by atoms with van der Waals surface area (Å²) in [6.45, 7) is 13.2. The van der Waals surface area contributed by atoms with Gasteiger partial charge in [-0.25, -0.2) is 0 Å². The van der Waals surface area contributed by atoms with Crippen LogP contribution in [0, 0.1) is 0 Å². The monoisotopic (exact) mass is 346 g/mol. The summed E-state index contributed by atoms with van der Waals surface area (Å²) in [5.74, 6) is 3.32. The smallest absolute Gasteiger partial charge is 0.113 e. The predicted molar refractivity (Wildman–Crippen MR) is 111 cm³/mol. The molecule has 0 unspecified atom stereocenters. The molecule has 2 heteroatoms. The van der Waals surface area contributed by atoms with Crippen molar-refractivity contribution in [2.24, 2.45) is 0 Å². The number of thioether (sulfide) groups is 1. The first-order valence-corrected chi connectivity index (χ1v) is 10.5. The molecule has 0 spiro atoms. The number of ether oxygens (including phenoxy) is 1. The van der Waals surface area contributed by atoms with E-state index in [9.17, 15) is 0 Å². The zero-order valence-corrected chi connectivity index (χ0v) is 16.4. The van der Waals surface area contributed by atoms with E-state index in [1.54, 1.807) is 0 Å². The van der Waals surface area contributed by atoms with Gasteiger partial charge in [-0.2, -0.15) is 11.8 Å². The second-order valence-corrected chi connectivity index (χ2v) is 7.53. The normalized spacial score (nSPS) is 10.6. The van der Waals surface area contributed by atoms with Crippen LogP contribution in [-0.4, -0.2) is 18.1 Å². The molecule has 1 aromatic rings. The molecule has 0 atom stereocenters. The highest BCUT2D eigenvalue weighted by Crippen LogP contribution is 2.18. The second kappa shape index (κ2) is 13.2. The van der Waals surface area contributed by atoms with E-state index >= 15 is 0 Å². The van der Waals surface area contributed by atoms with Crippen LogP contribution in [0.5, 0.6) is 0 Å². The van der Waals surface area contributed by atoms with E-state index in [1.807, 2.05) is 11.8 Å². The van der Waals surface area contributed by atoms with Gasteiger partial charge in [-0.3, -0.25) is 0 Å². The summed E-state index contributed by atoms with van der Waals surface area (Å²) in [4.78, 5) is 0. The fourth-order valence-electron chi connectivity index (χ4n) is 2.45. The number of aryl methyl sites for hydroxylation is 1. The molecule has 0 amide bonds.